The zero-order valence-electron chi connectivity index (χ0n) is 8.74. The molecule has 0 fully saturated rings. The Labute approximate surface area is 109 Å². The minimum atomic E-state index is -0.497. The van der Waals surface area contributed by atoms with Gasteiger partial charge in [0.25, 0.3) is 0 Å². The molecule has 0 radical (unpaired) electrons. The summed E-state index contributed by atoms with van der Waals surface area (Å²) in [4.78, 5) is 15.3. The highest BCUT2D eigenvalue weighted by molar-refractivity contribution is 9.10. The molecule has 88 valence electrons. The highest BCUT2D eigenvalue weighted by Gasteiger charge is 2.12. The second-order valence-corrected chi connectivity index (χ2v) is 4.96. The molecule has 3 nitrogen and oxygen atoms in total. The van der Waals surface area contributed by atoms with Crippen molar-refractivity contribution in [2.24, 2.45) is 0 Å². The summed E-state index contributed by atoms with van der Waals surface area (Å²) in [6, 6.07) is 4.46. The molecule has 0 saturated heterocycles. The fraction of sp³-hybridized carbons (Fsp3) is 0.0909. The standard InChI is InChI=1S/C11H7BrFNO2S/c1-16-11(15)9-5-17-10(14-9)6-2-7(12)4-8(13)3-6/h2-5H,1H3. The Hall–Kier alpha value is -1.27. The predicted octanol–water partition coefficient (Wildman–Crippen LogP) is 3.50. The summed E-state index contributed by atoms with van der Waals surface area (Å²) >= 11 is 4.47. The van der Waals surface area contributed by atoms with Gasteiger partial charge in [-0.2, -0.15) is 0 Å². The van der Waals surface area contributed by atoms with Gasteiger partial charge in [0, 0.05) is 15.4 Å². The van der Waals surface area contributed by atoms with Crippen molar-refractivity contribution in [2.75, 3.05) is 7.11 Å². The van der Waals surface area contributed by atoms with Gasteiger partial charge in [0.05, 0.1) is 7.11 Å². The van der Waals surface area contributed by atoms with Crippen LogP contribution in [0.2, 0.25) is 0 Å². The van der Waals surface area contributed by atoms with Gasteiger partial charge in [-0.05, 0) is 18.2 Å². The summed E-state index contributed by atoms with van der Waals surface area (Å²) < 4.78 is 18.4. The van der Waals surface area contributed by atoms with Gasteiger partial charge in [-0.1, -0.05) is 15.9 Å². The maximum Gasteiger partial charge on any atom is 0.357 e. The summed E-state index contributed by atoms with van der Waals surface area (Å²) in [5.41, 5.74) is 0.852. The van der Waals surface area contributed by atoms with Gasteiger partial charge in [-0.25, -0.2) is 14.2 Å². The smallest absolute Gasteiger partial charge is 0.357 e. The Bertz CT molecular complexity index is 550. The second kappa shape index (κ2) is 4.93. The minimum Gasteiger partial charge on any atom is -0.464 e. The molecule has 1 aromatic carbocycles. The topological polar surface area (TPSA) is 39.2 Å². The van der Waals surface area contributed by atoms with Crippen molar-refractivity contribution in [3.8, 4) is 10.6 Å². The molecule has 2 rings (SSSR count). The highest BCUT2D eigenvalue weighted by atomic mass is 79.9. The monoisotopic (exact) mass is 315 g/mol. The molecule has 2 aromatic rings. The molecule has 0 atom stereocenters. The molecule has 17 heavy (non-hydrogen) atoms. The van der Waals surface area contributed by atoms with E-state index in [2.05, 4.69) is 25.7 Å². The number of nitrogens with zero attached hydrogens (tertiary/aromatic N) is 1. The number of carbonyl (C=O) groups is 1. The van der Waals surface area contributed by atoms with Crippen molar-refractivity contribution in [1.29, 1.82) is 0 Å². The van der Waals surface area contributed by atoms with Crippen LogP contribution in [0.15, 0.2) is 28.1 Å². The number of carbonyl (C=O) groups excluding carboxylic acids is 1. The van der Waals surface area contributed by atoms with Crippen LogP contribution in [0.4, 0.5) is 4.39 Å². The molecule has 0 unspecified atom stereocenters. The van der Waals surface area contributed by atoms with E-state index in [0.717, 1.165) is 0 Å². The van der Waals surface area contributed by atoms with Gasteiger partial charge in [-0.15, -0.1) is 11.3 Å². The Morgan fingerprint density at radius 3 is 2.88 bits per heavy atom. The van der Waals surface area contributed by atoms with Crippen molar-refractivity contribution in [3.05, 3.63) is 39.6 Å². The van der Waals surface area contributed by atoms with Gasteiger partial charge in [-0.3, -0.25) is 0 Å². The highest BCUT2D eigenvalue weighted by Crippen LogP contribution is 2.27. The van der Waals surface area contributed by atoms with Crippen molar-refractivity contribution in [2.45, 2.75) is 0 Å². The summed E-state index contributed by atoms with van der Waals surface area (Å²) in [6.07, 6.45) is 0. The van der Waals surface area contributed by atoms with Crippen molar-refractivity contribution >= 4 is 33.2 Å². The van der Waals surface area contributed by atoms with Crippen LogP contribution in [0.5, 0.6) is 0 Å². The maximum atomic E-state index is 13.2. The second-order valence-electron chi connectivity index (χ2n) is 3.19. The molecule has 0 amide bonds. The lowest BCUT2D eigenvalue weighted by Gasteiger charge is -1.98. The number of hydrogen-bond donors (Lipinski definition) is 0. The molecule has 0 aliphatic heterocycles. The first-order chi connectivity index (χ1) is 8.10. The van der Waals surface area contributed by atoms with Crippen LogP contribution in [0.25, 0.3) is 10.6 Å². The zero-order valence-corrected chi connectivity index (χ0v) is 11.1. The fourth-order valence-electron chi connectivity index (χ4n) is 1.28. The maximum absolute atomic E-state index is 13.2. The lowest BCUT2D eigenvalue weighted by Crippen LogP contribution is -2.00. The number of benzene rings is 1. The van der Waals surface area contributed by atoms with Crippen LogP contribution in [0.1, 0.15) is 10.5 Å². The quantitative estimate of drug-likeness (QED) is 0.796. The van der Waals surface area contributed by atoms with E-state index in [-0.39, 0.29) is 11.5 Å². The van der Waals surface area contributed by atoms with Gasteiger partial charge in [0.1, 0.15) is 10.8 Å². The van der Waals surface area contributed by atoms with E-state index in [4.69, 9.17) is 0 Å². The van der Waals surface area contributed by atoms with Crippen LogP contribution >= 0.6 is 27.3 Å². The molecule has 0 aliphatic rings. The third kappa shape index (κ3) is 2.70. The Kier molecular flexibility index (Phi) is 3.54. The molecule has 0 bridgehead atoms. The normalized spacial score (nSPS) is 10.3. The van der Waals surface area contributed by atoms with Crippen LogP contribution in [-0.4, -0.2) is 18.1 Å². The number of esters is 1. The molecule has 0 spiro atoms. The molecule has 6 heteroatoms. The molecule has 0 saturated carbocycles. The third-order valence-corrected chi connectivity index (χ3v) is 3.36. The number of ether oxygens (including phenoxy) is 1. The van der Waals surface area contributed by atoms with Gasteiger partial charge in [0.15, 0.2) is 5.69 Å². The lowest BCUT2D eigenvalue weighted by atomic mass is 10.2. The largest absolute Gasteiger partial charge is 0.464 e. The summed E-state index contributed by atoms with van der Waals surface area (Å²) in [5.74, 6) is -0.854. The van der Waals surface area contributed by atoms with E-state index in [9.17, 15) is 9.18 Å². The Morgan fingerprint density at radius 1 is 1.47 bits per heavy atom. The first-order valence-electron chi connectivity index (χ1n) is 4.60. The molecule has 0 aliphatic carbocycles. The number of methoxy groups -OCH3 is 1. The van der Waals surface area contributed by atoms with E-state index in [1.807, 2.05) is 0 Å². The van der Waals surface area contributed by atoms with Crippen LogP contribution in [-0.2, 0) is 4.74 Å². The van der Waals surface area contributed by atoms with E-state index in [1.54, 1.807) is 11.4 Å². The van der Waals surface area contributed by atoms with Crippen LogP contribution in [0, 0.1) is 5.82 Å². The van der Waals surface area contributed by atoms with Gasteiger partial charge in [0.2, 0.25) is 0 Å². The summed E-state index contributed by atoms with van der Waals surface area (Å²) in [7, 11) is 1.29. The number of hydrogen-bond acceptors (Lipinski definition) is 4. The average molecular weight is 316 g/mol. The zero-order chi connectivity index (χ0) is 12.4. The van der Waals surface area contributed by atoms with E-state index < -0.39 is 5.97 Å². The fourth-order valence-corrected chi connectivity index (χ4v) is 2.52. The summed E-state index contributed by atoms with van der Waals surface area (Å²) in [5, 5.41) is 2.16. The third-order valence-electron chi connectivity index (χ3n) is 2.01. The first-order valence-corrected chi connectivity index (χ1v) is 6.27. The number of halogens is 2. The molecule has 1 aromatic heterocycles. The number of aromatic nitrogens is 1. The van der Waals surface area contributed by atoms with E-state index in [0.29, 0.717) is 15.0 Å². The number of rotatable bonds is 2. The van der Waals surface area contributed by atoms with Gasteiger partial charge < -0.3 is 4.74 Å². The molecular formula is C11H7BrFNO2S. The Balaban J connectivity index is 2.40. The molecular weight excluding hydrogens is 309 g/mol. The van der Waals surface area contributed by atoms with E-state index in [1.165, 1.54) is 30.6 Å². The first kappa shape index (κ1) is 12.2. The van der Waals surface area contributed by atoms with E-state index >= 15 is 0 Å². The lowest BCUT2D eigenvalue weighted by molar-refractivity contribution is 0.0595. The predicted molar refractivity (Wildman–Crippen MR) is 66.5 cm³/mol. The van der Waals surface area contributed by atoms with Crippen LogP contribution in [0.3, 0.4) is 0 Å². The van der Waals surface area contributed by atoms with Gasteiger partial charge >= 0.3 is 5.97 Å². The minimum absolute atomic E-state index is 0.230. The Morgan fingerprint density at radius 2 is 2.24 bits per heavy atom. The van der Waals surface area contributed by atoms with Crippen molar-refractivity contribution < 1.29 is 13.9 Å². The molecule has 0 N–H and O–H groups in total. The average Bonchev–Trinajstić information content (AvgIpc) is 2.76. The SMILES string of the molecule is COC(=O)c1csc(-c2cc(F)cc(Br)c2)n1. The summed E-state index contributed by atoms with van der Waals surface area (Å²) in [6.45, 7) is 0. The van der Waals surface area contributed by atoms with Crippen LogP contribution < -0.4 is 0 Å². The number of thiazole rings is 1. The molecule has 1 heterocycles. The van der Waals surface area contributed by atoms with Crippen molar-refractivity contribution in [3.63, 3.8) is 0 Å². The van der Waals surface area contributed by atoms with Crippen molar-refractivity contribution in [1.82, 2.24) is 4.98 Å².